The molecule has 0 aromatic heterocycles. The van der Waals surface area contributed by atoms with Gasteiger partial charge in [0, 0.05) is 23.7 Å². The number of nitro benzene ring substituents is 1. The molecule has 19 heavy (non-hydrogen) atoms. The molecule has 1 fully saturated rings. The molecule has 104 valence electrons. The fraction of sp³-hybridized carbons (Fsp3) is 0.417. The predicted molar refractivity (Wildman–Crippen MR) is 74.5 cm³/mol. The minimum absolute atomic E-state index is 0. The van der Waals surface area contributed by atoms with Gasteiger partial charge in [-0.05, 0) is 25.1 Å². The van der Waals surface area contributed by atoms with Crippen LogP contribution in [0.15, 0.2) is 24.3 Å². The highest BCUT2D eigenvalue weighted by molar-refractivity contribution is 5.92. The van der Waals surface area contributed by atoms with Crippen LogP contribution in [0.5, 0.6) is 0 Å². The summed E-state index contributed by atoms with van der Waals surface area (Å²) in [6.45, 7) is 3.57. The average Bonchev–Trinajstić information content (AvgIpc) is 2.26. The topological polar surface area (TPSA) is 84.3 Å². The SMILES string of the molecule is CC(C(=O)Nc1cccc([N+](=O)[O-])c1)C1CNC1.Cl. The van der Waals surface area contributed by atoms with Crippen molar-refractivity contribution in [1.29, 1.82) is 0 Å². The lowest BCUT2D eigenvalue weighted by molar-refractivity contribution is -0.384. The second kappa shape index (κ2) is 6.49. The van der Waals surface area contributed by atoms with Crippen molar-refractivity contribution in [2.24, 2.45) is 11.8 Å². The summed E-state index contributed by atoms with van der Waals surface area (Å²) in [6, 6.07) is 5.97. The highest BCUT2D eigenvalue weighted by Crippen LogP contribution is 2.20. The zero-order valence-corrected chi connectivity index (χ0v) is 11.3. The molecule has 2 rings (SSSR count). The first-order valence-electron chi connectivity index (χ1n) is 5.84. The molecule has 0 bridgehead atoms. The fourth-order valence-corrected chi connectivity index (χ4v) is 1.83. The van der Waals surface area contributed by atoms with Gasteiger partial charge in [-0.3, -0.25) is 14.9 Å². The summed E-state index contributed by atoms with van der Waals surface area (Å²) in [5, 5.41) is 16.5. The summed E-state index contributed by atoms with van der Waals surface area (Å²) in [5.74, 6) is 0.163. The van der Waals surface area contributed by atoms with Gasteiger partial charge in [-0.2, -0.15) is 0 Å². The number of anilines is 1. The van der Waals surface area contributed by atoms with Crippen LogP contribution in [0, 0.1) is 22.0 Å². The van der Waals surface area contributed by atoms with E-state index in [0.717, 1.165) is 13.1 Å². The molecule has 7 heteroatoms. The molecule has 0 saturated carbocycles. The van der Waals surface area contributed by atoms with Crippen molar-refractivity contribution in [1.82, 2.24) is 5.32 Å². The Morgan fingerprint density at radius 3 is 2.74 bits per heavy atom. The molecular formula is C12H16ClN3O3. The number of amides is 1. The van der Waals surface area contributed by atoms with E-state index >= 15 is 0 Å². The van der Waals surface area contributed by atoms with Crippen molar-refractivity contribution < 1.29 is 9.72 Å². The van der Waals surface area contributed by atoms with Crippen LogP contribution in [-0.4, -0.2) is 23.9 Å². The van der Waals surface area contributed by atoms with E-state index in [1.807, 2.05) is 6.92 Å². The third-order valence-corrected chi connectivity index (χ3v) is 3.26. The van der Waals surface area contributed by atoms with Gasteiger partial charge in [0.1, 0.15) is 0 Å². The van der Waals surface area contributed by atoms with E-state index in [2.05, 4.69) is 10.6 Å². The monoisotopic (exact) mass is 285 g/mol. The van der Waals surface area contributed by atoms with E-state index in [0.29, 0.717) is 11.6 Å². The zero-order chi connectivity index (χ0) is 13.1. The Labute approximate surface area is 117 Å². The van der Waals surface area contributed by atoms with Crippen molar-refractivity contribution in [2.45, 2.75) is 6.92 Å². The first-order valence-corrected chi connectivity index (χ1v) is 5.84. The lowest BCUT2D eigenvalue weighted by Gasteiger charge is -2.31. The molecule has 1 unspecified atom stereocenters. The lowest BCUT2D eigenvalue weighted by atomic mass is 9.88. The van der Waals surface area contributed by atoms with E-state index in [4.69, 9.17) is 0 Å². The van der Waals surface area contributed by atoms with Gasteiger partial charge >= 0.3 is 0 Å². The van der Waals surface area contributed by atoms with Crippen LogP contribution in [0.1, 0.15) is 6.92 Å². The first kappa shape index (κ1) is 15.4. The molecule has 0 aliphatic carbocycles. The quantitative estimate of drug-likeness (QED) is 0.653. The van der Waals surface area contributed by atoms with E-state index < -0.39 is 4.92 Å². The van der Waals surface area contributed by atoms with Crippen LogP contribution in [0.25, 0.3) is 0 Å². The van der Waals surface area contributed by atoms with Crippen molar-refractivity contribution in [2.75, 3.05) is 18.4 Å². The van der Waals surface area contributed by atoms with E-state index in [-0.39, 0.29) is 29.9 Å². The molecule has 6 nitrogen and oxygen atoms in total. The lowest BCUT2D eigenvalue weighted by Crippen LogP contribution is -2.48. The summed E-state index contributed by atoms with van der Waals surface area (Å²) in [5.41, 5.74) is 0.444. The third kappa shape index (κ3) is 3.65. The van der Waals surface area contributed by atoms with Crippen LogP contribution in [0.3, 0.4) is 0 Å². The molecular weight excluding hydrogens is 270 g/mol. The molecule has 1 aromatic rings. The Balaban J connectivity index is 0.00000180. The van der Waals surface area contributed by atoms with Crippen LogP contribution in [0.4, 0.5) is 11.4 Å². The summed E-state index contributed by atoms with van der Waals surface area (Å²) < 4.78 is 0. The molecule has 1 aromatic carbocycles. The number of nitro groups is 1. The van der Waals surface area contributed by atoms with Gasteiger partial charge in [-0.1, -0.05) is 13.0 Å². The van der Waals surface area contributed by atoms with Crippen LogP contribution < -0.4 is 10.6 Å². The van der Waals surface area contributed by atoms with Gasteiger partial charge in [-0.25, -0.2) is 0 Å². The van der Waals surface area contributed by atoms with Gasteiger partial charge < -0.3 is 10.6 Å². The standard InChI is InChI=1S/C12H15N3O3.ClH/c1-8(9-6-13-7-9)12(16)14-10-3-2-4-11(5-10)15(17)18;/h2-5,8-9,13H,6-7H2,1H3,(H,14,16);1H. The third-order valence-electron chi connectivity index (χ3n) is 3.26. The number of hydrogen-bond acceptors (Lipinski definition) is 4. The van der Waals surface area contributed by atoms with Crippen LogP contribution in [0.2, 0.25) is 0 Å². The Morgan fingerprint density at radius 1 is 1.53 bits per heavy atom. The highest BCUT2D eigenvalue weighted by atomic mass is 35.5. The number of carbonyl (C=O) groups is 1. The Bertz CT molecular complexity index is 477. The molecule has 1 heterocycles. The number of nitrogens with zero attached hydrogens (tertiary/aromatic N) is 1. The molecule has 2 N–H and O–H groups in total. The Hall–Kier alpha value is -1.66. The van der Waals surface area contributed by atoms with Crippen molar-refractivity contribution in [3.63, 3.8) is 0 Å². The Morgan fingerprint density at radius 2 is 2.21 bits per heavy atom. The number of benzene rings is 1. The highest BCUT2D eigenvalue weighted by Gasteiger charge is 2.28. The maximum Gasteiger partial charge on any atom is 0.271 e. The van der Waals surface area contributed by atoms with E-state index in [1.165, 1.54) is 12.1 Å². The minimum Gasteiger partial charge on any atom is -0.326 e. The Kier molecular flexibility index (Phi) is 5.26. The van der Waals surface area contributed by atoms with Gasteiger partial charge in [0.05, 0.1) is 4.92 Å². The molecule has 1 aliphatic heterocycles. The summed E-state index contributed by atoms with van der Waals surface area (Å²) in [7, 11) is 0. The molecule has 1 atom stereocenters. The van der Waals surface area contributed by atoms with Gasteiger partial charge in [0.15, 0.2) is 0 Å². The van der Waals surface area contributed by atoms with Crippen LogP contribution in [-0.2, 0) is 4.79 Å². The van der Waals surface area contributed by atoms with Gasteiger partial charge in [-0.15, -0.1) is 12.4 Å². The summed E-state index contributed by atoms with van der Waals surface area (Å²) in [6.07, 6.45) is 0. The van der Waals surface area contributed by atoms with E-state index in [1.54, 1.807) is 12.1 Å². The largest absolute Gasteiger partial charge is 0.326 e. The first-order chi connectivity index (χ1) is 8.58. The number of rotatable bonds is 4. The number of non-ortho nitro benzene ring substituents is 1. The summed E-state index contributed by atoms with van der Waals surface area (Å²) >= 11 is 0. The van der Waals surface area contributed by atoms with Crippen LogP contribution >= 0.6 is 12.4 Å². The van der Waals surface area contributed by atoms with Gasteiger partial charge in [0.25, 0.3) is 5.69 Å². The molecule has 0 spiro atoms. The smallest absolute Gasteiger partial charge is 0.271 e. The zero-order valence-electron chi connectivity index (χ0n) is 10.5. The number of halogens is 1. The molecule has 1 aliphatic rings. The molecule has 1 saturated heterocycles. The second-order valence-corrected chi connectivity index (χ2v) is 4.50. The van der Waals surface area contributed by atoms with Crippen molar-refractivity contribution in [3.8, 4) is 0 Å². The number of nitrogens with one attached hydrogen (secondary N) is 2. The minimum atomic E-state index is -0.477. The maximum absolute atomic E-state index is 11.9. The number of carbonyl (C=O) groups excluding carboxylic acids is 1. The number of hydrogen-bond donors (Lipinski definition) is 2. The van der Waals surface area contributed by atoms with E-state index in [9.17, 15) is 14.9 Å². The average molecular weight is 286 g/mol. The van der Waals surface area contributed by atoms with Crippen molar-refractivity contribution >= 4 is 29.7 Å². The summed E-state index contributed by atoms with van der Waals surface area (Å²) in [4.78, 5) is 22.1. The van der Waals surface area contributed by atoms with Crippen molar-refractivity contribution in [3.05, 3.63) is 34.4 Å². The molecule has 1 amide bonds. The van der Waals surface area contributed by atoms with Gasteiger partial charge in [0.2, 0.25) is 5.91 Å². The predicted octanol–water partition coefficient (Wildman–Crippen LogP) is 1.81. The fourth-order valence-electron chi connectivity index (χ4n) is 1.83. The second-order valence-electron chi connectivity index (χ2n) is 4.50. The molecule has 0 radical (unpaired) electrons. The maximum atomic E-state index is 11.9. The normalized spacial score (nSPS) is 15.8.